The van der Waals surface area contributed by atoms with Crippen LogP contribution in [0.1, 0.15) is 18.6 Å². The molecule has 0 fully saturated rings. The summed E-state index contributed by atoms with van der Waals surface area (Å²) in [7, 11) is 1.20. The first kappa shape index (κ1) is 15.6. The number of fused-ring (bicyclic) bond motifs is 1. The maximum atomic E-state index is 11.9. The van der Waals surface area contributed by atoms with Gasteiger partial charge in [-0.3, -0.25) is 0 Å². The average Bonchev–Trinajstić information content (AvgIpc) is 2.50. The van der Waals surface area contributed by atoms with Crippen LogP contribution in [0.3, 0.4) is 0 Å². The van der Waals surface area contributed by atoms with E-state index in [1.165, 1.54) is 32.2 Å². The molecular weight excluding hydrogens is 292 g/mol. The van der Waals surface area contributed by atoms with Gasteiger partial charge in [-0.15, -0.1) is 0 Å². The van der Waals surface area contributed by atoms with E-state index in [4.69, 9.17) is 4.42 Å². The Balaban J connectivity index is 2.53. The van der Waals surface area contributed by atoms with Gasteiger partial charge in [-0.2, -0.15) is 0 Å². The largest absolute Gasteiger partial charge is 0.504 e. The Morgan fingerprint density at radius 3 is 2.68 bits per heavy atom. The first-order chi connectivity index (χ1) is 10.3. The minimum atomic E-state index is -1.38. The standard InChI is InChI=1S/C15H14O7/c1-7(14(19)21-2)5-11(17)9-6-8-3-4-10(16)12(18)13(8)22-15(9)20/h3-6,11,16-18H,1-2H3/b7-5+/t11-/m0/s1. The minimum absolute atomic E-state index is 0.110. The first-order valence-corrected chi connectivity index (χ1v) is 6.28. The molecular formula is C15H14O7. The van der Waals surface area contributed by atoms with Crippen LogP contribution in [0.25, 0.3) is 11.0 Å². The van der Waals surface area contributed by atoms with Gasteiger partial charge >= 0.3 is 11.6 Å². The van der Waals surface area contributed by atoms with Gasteiger partial charge in [-0.05, 0) is 31.2 Å². The van der Waals surface area contributed by atoms with E-state index in [0.717, 1.165) is 6.08 Å². The number of aliphatic hydroxyl groups is 1. The summed E-state index contributed by atoms with van der Waals surface area (Å²) in [6.45, 7) is 1.43. The van der Waals surface area contributed by atoms with Crippen molar-refractivity contribution >= 4 is 16.9 Å². The molecule has 0 aliphatic heterocycles. The highest BCUT2D eigenvalue weighted by molar-refractivity contribution is 5.88. The maximum absolute atomic E-state index is 11.9. The molecule has 0 amide bonds. The highest BCUT2D eigenvalue weighted by atomic mass is 16.5. The van der Waals surface area contributed by atoms with Crippen LogP contribution in [0.4, 0.5) is 0 Å². The van der Waals surface area contributed by atoms with E-state index in [1.54, 1.807) is 0 Å². The van der Waals surface area contributed by atoms with Crippen LogP contribution in [-0.2, 0) is 9.53 Å². The number of rotatable bonds is 3. The Morgan fingerprint density at radius 2 is 2.05 bits per heavy atom. The van der Waals surface area contributed by atoms with Crippen molar-refractivity contribution in [3.05, 3.63) is 45.8 Å². The van der Waals surface area contributed by atoms with Gasteiger partial charge in [0.1, 0.15) is 6.10 Å². The fraction of sp³-hybridized carbons (Fsp3) is 0.200. The number of methoxy groups -OCH3 is 1. The van der Waals surface area contributed by atoms with Crippen molar-refractivity contribution in [2.75, 3.05) is 7.11 Å². The molecule has 22 heavy (non-hydrogen) atoms. The molecule has 7 nitrogen and oxygen atoms in total. The predicted octanol–water partition coefficient (Wildman–Crippen LogP) is 1.36. The number of ether oxygens (including phenoxy) is 1. The lowest BCUT2D eigenvalue weighted by molar-refractivity contribution is -0.136. The minimum Gasteiger partial charge on any atom is -0.504 e. The summed E-state index contributed by atoms with van der Waals surface area (Å²) in [5.41, 5.74) is -1.06. The summed E-state index contributed by atoms with van der Waals surface area (Å²) in [5, 5.41) is 29.4. The molecule has 3 N–H and O–H groups in total. The molecule has 0 saturated heterocycles. The molecule has 0 aliphatic rings. The quantitative estimate of drug-likeness (QED) is 0.339. The number of hydrogen-bond acceptors (Lipinski definition) is 7. The van der Waals surface area contributed by atoms with Crippen LogP contribution >= 0.6 is 0 Å². The molecule has 0 bridgehead atoms. The Kier molecular flexibility index (Phi) is 4.18. The molecule has 0 unspecified atom stereocenters. The summed E-state index contributed by atoms with van der Waals surface area (Å²) in [6.07, 6.45) is -0.222. The number of carbonyl (C=O) groups excluding carboxylic acids is 1. The van der Waals surface area contributed by atoms with Crippen molar-refractivity contribution < 1.29 is 29.3 Å². The summed E-state index contributed by atoms with van der Waals surface area (Å²) < 4.78 is 9.42. The highest BCUT2D eigenvalue weighted by Crippen LogP contribution is 2.33. The number of hydrogen-bond donors (Lipinski definition) is 3. The fourth-order valence-electron chi connectivity index (χ4n) is 1.94. The van der Waals surface area contributed by atoms with Crippen molar-refractivity contribution in [3.63, 3.8) is 0 Å². The second-order valence-electron chi connectivity index (χ2n) is 4.63. The summed E-state index contributed by atoms with van der Waals surface area (Å²) in [4.78, 5) is 23.2. The topological polar surface area (TPSA) is 117 Å². The number of aromatic hydroxyl groups is 2. The monoisotopic (exact) mass is 306 g/mol. The predicted molar refractivity (Wildman–Crippen MR) is 76.5 cm³/mol. The molecule has 1 atom stereocenters. The van der Waals surface area contributed by atoms with Crippen LogP contribution < -0.4 is 5.63 Å². The number of benzene rings is 1. The lowest BCUT2D eigenvalue weighted by Gasteiger charge is -2.08. The van der Waals surface area contributed by atoms with E-state index < -0.39 is 29.2 Å². The van der Waals surface area contributed by atoms with E-state index in [1.807, 2.05) is 0 Å². The molecule has 1 aromatic carbocycles. The molecule has 116 valence electrons. The second-order valence-corrected chi connectivity index (χ2v) is 4.63. The molecule has 0 saturated carbocycles. The van der Waals surface area contributed by atoms with E-state index in [2.05, 4.69) is 4.74 Å². The lowest BCUT2D eigenvalue weighted by atomic mass is 10.1. The third-order valence-electron chi connectivity index (χ3n) is 3.12. The van der Waals surface area contributed by atoms with Gasteiger partial charge in [-0.25, -0.2) is 9.59 Å². The van der Waals surface area contributed by atoms with Gasteiger partial charge in [0.05, 0.1) is 12.7 Å². The summed E-state index contributed by atoms with van der Waals surface area (Å²) in [6, 6.07) is 3.95. The zero-order valence-corrected chi connectivity index (χ0v) is 11.9. The Hall–Kier alpha value is -2.80. The SMILES string of the molecule is COC(=O)/C(C)=C/[C@H](O)c1cc2ccc(O)c(O)c2oc1=O. The van der Waals surface area contributed by atoms with Crippen molar-refractivity contribution in [1.29, 1.82) is 0 Å². The van der Waals surface area contributed by atoms with Gasteiger partial charge in [0.2, 0.25) is 5.75 Å². The fourth-order valence-corrected chi connectivity index (χ4v) is 1.94. The smallest absolute Gasteiger partial charge is 0.342 e. The zero-order chi connectivity index (χ0) is 16.4. The number of phenolic OH excluding ortho intramolecular Hbond substituents is 2. The van der Waals surface area contributed by atoms with Gasteiger partial charge in [0, 0.05) is 11.0 Å². The maximum Gasteiger partial charge on any atom is 0.342 e. The molecule has 0 radical (unpaired) electrons. The first-order valence-electron chi connectivity index (χ1n) is 6.28. The van der Waals surface area contributed by atoms with Crippen molar-refractivity contribution in [1.82, 2.24) is 0 Å². The number of aliphatic hydroxyl groups excluding tert-OH is 1. The van der Waals surface area contributed by atoms with Crippen LogP contribution in [0.15, 0.2) is 39.1 Å². The highest BCUT2D eigenvalue weighted by Gasteiger charge is 2.17. The van der Waals surface area contributed by atoms with Gasteiger partial charge in [-0.1, -0.05) is 0 Å². The van der Waals surface area contributed by atoms with Crippen LogP contribution in [0.5, 0.6) is 11.5 Å². The van der Waals surface area contributed by atoms with Crippen LogP contribution in [0.2, 0.25) is 0 Å². The summed E-state index contributed by atoms with van der Waals surface area (Å²) in [5.74, 6) is -1.62. The molecule has 1 aromatic heterocycles. The molecule has 7 heteroatoms. The third-order valence-corrected chi connectivity index (χ3v) is 3.12. The Bertz CT molecular complexity index is 816. The molecule has 0 spiro atoms. The lowest BCUT2D eigenvalue weighted by Crippen LogP contribution is -2.12. The number of phenols is 2. The van der Waals surface area contributed by atoms with Gasteiger partial charge in [0.25, 0.3) is 0 Å². The Labute approximate surface area is 124 Å². The number of carbonyl (C=O) groups is 1. The zero-order valence-electron chi connectivity index (χ0n) is 11.9. The van der Waals surface area contributed by atoms with E-state index in [9.17, 15) is 24.9 Å². The van der Waals surface area contributed by atoms with Gasteiger partial charge in [0.15, 0.2) is 11.3 Å². The van der Waals surface area contributed by atoms with Crippen molar-refractivity contribution in [2.45, 2.75) is 13.0 Å². The molecule has 0 aliphatic carbocycles. The normalized spacial score (nSPS) is 13.1. The van der Waals surface area contributed by atoms with Crippen LogP contribution in [0, 0.1) is 0 Å². The van der Waals surface area contributed by atoms with Crippen LogP contribution in [-0.4, -0.2) is 28.4 Å². The summed E-state index contributed by atoms with van der Waals surface area (Å²) >= 11 is 0. The Morgan fingerprint density at radius 1 is 1.36 bits per heavy atom. The average molecular weight is 306 g/mol. The van der Waals surface area contributed by atoms with E-state index in [0.29, 0.717) is 5.39 Å². The number of esters is 1. The second kappa shape index (κ2) is 5.90. The van der Waals surface area contributed by atoms with Crippen molar-refractivity contribution in [3.8, 4) is 11.5 Å². The van der Waals surface area contributed by atoms with E-state index in [-0.39, 0.29) is 16.7 Å². The van der Waals surface area contributed by atoms with Gasteiger partial charge < -0.3 is 24.5 Å². The third kappa shape index (κ3) is 2.79. The molecule has 1 heterocycles. The van der Waals surface area contributed by atoms with Crippen molar-refractivity contribution in [2.24, 2.45) is 0 Å². The molecule has 2 aromatic rings. The molecule has 2 rings (SSSR count). The van der Waals surface area contributed by atoms with E-state index >= 15 is 0 Å².